The van der Waals surface area contributed by atoms with Gasteiger partial charge in [-0.3, -0.25) is 4.79 Å². The number of primary amides is 1. The van der Waals surface area contributed by atoms with Gasteiger partial charge in [0.15, 0.2) is 0 Å². The normalized spacial score (nSPS) is 11.5. The van der Waals surface area contributed by atoms with Crippen molar-refractivity contribution in [1.29, 1.82) is 0 Å². The molecule has 0 radical (unpaired) electrons. The number of nitrogens with two attached hydrogens (primary N) is 1. The Labute approximate surface area is 149 Å². The van der Waals surface area contributed by atoms with E-state index in [1.54, 1.807) is 12.1 Å². The second-order valence-electron chi connectivity index (χ2n) is 5.34. The van der Waals surface area contributed by atoms with Crippen LogP contribution in [0.2, 0.25) is 6.04 Å². The predicted octanol–water partition coefficient (Wildman–Crippen LogP) is 2.46. The highest BCUT2D eigenvalue weighted by molar-refractivity contribution is 6.60. The van der Waals surface area contributed by atoms with Gasteiger partial charge in [0.1, 0.15) is 0 Å². The fourth-order valence-corrected chi connectivity index (χ4v) is 5.39. The molecule has 0 aliphatic heterocycles. The molecule has 3 N–H and O–H groups in total. The zero-order valence-electron chi connectivity index (χ0n) is 15.0. The maximum absolute atomic E-state index is 11.7. The summed E-state index contributed by atoms with van der Waals surface area (Å²) < 4.78 is 17.4. The lowest BCUT2D eigenvalue weighted by molar-refractivity contribution is 0.0687. The summed E-state index contributed by atoms with van der Waals surface area (Å²) in [6.45, 7) is 7.15. The molecule has 140 valence electrons. The highest BCUT2D eigenvalue weighted by atomic mass is 28.4. The van der Waals surface area contributed by atoms with Crippen molar-refractivity contribution in [3.63, 3.8) is 0 Å². The molecule has 0 aromatic heterocycles. The first-order valence-electron chi connectivity index (χ1n) is 8.47. The topological polar surface area (TPSA) is 108 Å². The first-order chi connectivity index (χ1) is 11.9. The molecule has 0 aliphatic rings. The van der Waals surface area contributed by atoms with Crippen LogP contribution in [0.4, 0.5) is 0 Å². The van der Waals surface area contributed by atoms with E-state index >= 15 is 0 Å². The minimum atomic E-state index is -2.76. The van der Waals surface area contributed by atoms with E-state index in [0.717, 1.165) is 0 Å². The molecule has 8 heteroatoms. The summed E-state index contributed by atoms with van der Waals surface area (Å²) >= 11 is 0. The number of hydrogen-bond donors (Lipinski definition) is 2. The van der Waals surface area contributed by atoms with E-state index in [-0.39, 0.29) is 11.1 Å². The van der Waals surface area contributed by atoms with Crippen molar-refractivity contribution in [3.8, 4) is 0 Å². The number of carbonyl (C=O) groups is 2. The van der Waals surface area contributed by atoms with E-state index in [1.807, 2.05) is 20.8 Å². The molecule has 7 nitrogen and oxygen atoms in total. The number of carboxylic acids is 1. The predicted molar refractivity (Wildman–Crippen MR) is 95.7 cm³/mol. The van der Waals surface area contributed by atoms with Crippen molar-refractivity contribution in [3.05, 3.63) is 34.9 Å². The Hall–Kier alpha value is -1.74. The van der Waals surface area contributed by atoms with Crippen LogP contribution in [0.3, 0.4) is 0 Å². The van der Waals surface area contributed by atoms with Gasteiger partial charge in [-0.05, 0) is 45.2 Å². The van der Waals surface area contributed by atoms with E-state index in [0.29, 0.717) is 44.3 Å². The Morgan fingerprint density at radius 2 is 1.64 bits per heavy atom. The Balaban J connectivity index is 2.94. The molecule has 0 heterocycles. The third-order valence-corrected chi connectivity index (χ3v) is 6.80. The second kappa shape index (κ2) is 10.3. The first kappa shape index (κ1) is 21.3. The summed E-state index contributed by atoms with van der Waals surface area (Å²) in [5.41, 5.74) is 5.98. The van der Waals surface area contributed by atoms with Crippen LogP contribution < -0.4 is 5.73 Å². The lowest BCUT2D eigenvalue weighted by Gasteiger charge is -2.28. The smallest absolute Gasteiger partial charge is 0.478 e. The van der Waals surface area contributed by atoms with Crippen LogP contribution in [-0.4, -0.2) is 45.6 Å². The van der Waals surface area contributed by atoms with E-state index in [4.69, 9.17) is 19.0 Å². The summed E-state index contributed by atoms with van der Waals surface area (Å²) in [6.07, 6.45) is 1.12. The Morgan fingerprint density at radius 1 is 1.08 bits per heavy atom. The van der Waals surface area contributed by atoms with E-state index in [1.165, 1.54) is 6.07 Å². The van der Waals surface area contributed by atoms with Crippen LogP contribution in [0.25, 0.3) is 0 Å². The quantitative estimate of drug-likeness (QED) is 0.548. The molecule has 1 aromatic rings. The molecule has 0 bridgehead atoms. The van der Waals surface area contributed by atoms with Crippen molar-refractivity contribution in [2.45, 2.75) is 39.7 Å². The summed E-state index contributed by atoms with van der Waals surface area (Å²) in [7, 11) is -2.76. The minimum Gasteiger partial charge on any atom is -0.478 e. The number of carbonyl (C=O) groups excluding carboxylic acids is 1. The van der Waals surface area contributed by atoms with Gasteiger partial charge in [0.25, 0.3) is 0 Å². The maximum atomic E-state index is 11.7. The van der Waals surface area contributed by atoms with Crippen molar-refractivity contribution in [2.24, 2.45) is 5.73 Å². The van der Waals surface area contributed by atoms with Crippen molar-refractivity contribution in [1.82, 2.24) is 0 Å². The summed E-state index contributed by atoms with van der Waals surface area (Å²) in [5.74, 6) is -1.91. The van der Waals surface area contributed by atoms with E-state index < -0.39 is 20.7 Å². The highest BCUT2D eigenvalue weighted by Crippen LogP contribution is 2.22. The third kappa shape index (κ3) is 5.93. The van der Waals surface area contributed by atoms with Crippen LogP contribution in [0, 0.1) is 0 Å². The molecule has 1 rings (SSSR count). The van der Waals surface area contributed by atoms with Gasteiger partial charge in [-0.2, -0.15) is 0 Å². The number of carboxylic acid groups (broad SMARTS) is 1. The molecule has 0 saturated heterocycles. The summed E-state index contributed by atoms with van der Waals surface area (Å²) in [5, 5.41) is 9.24. The van der Waals surface area contributed by atoms with Gasteiger partial charge >= 0.3 is 14.8 Å². The van der Waals surface area contributed by atoms with Gasteiger partial charge in [-0.1, -0.05) is 12.1 Å². The minimum absolute atomic E-state index is 0.0616. The molecule has 0 spiro atoms. The van der Waals surface area contributed by atoms with Gasteiger partial charge in [0.2, 0.25) is 5.91 Å². The number of aryl methyl sites for hydroxylation is 1. The molecule has 1 amide bonds. The standard InChI is InChI=1S/C17H27NO6Si/c1-4-22-25(23-5-2,24-6-3)12-8-10-13-9-7-11-14(17(20)21)15(13)16(18)19/h7,9,11H,4-6,8,10,12H2,1-3H3,(H2,18,19)(H,20,21). The molecule has 0 atom stereocenters. The first-order valence-corrected chi connectivity index (χ1v) is 10.4. The molecule has 25 heavy (non-hydrogen) atoms. The highest BCUT2D eigenvalue weighted by Gasteiger charge is 2.39. The van der Waals surface area contributed by atoms with Gasteiger partial charge in [-0.15, -0.1) is 0 Å². The van der Waals surface area contributed by atoms with Crippen LogP contribution in [0.5, 0.6) is 0 Å². The molecule has 0 saturated carbocycles. The third-order valence-electron chi connectivity index (χ3n) is 3.65. The largest absolute Gasteiger partial charge is 0.500 e. The zero-order valence-corrected chi connectivity index (χ0v) is 16.0. The lowest BCUT2D eigenvalue weighted by Crippen LogP contribution is -2.46. The fraction of sp³-hybridized carbons (Fsp3) is 0.529. The van der Waals surface area contributed by atoms with Gasteiger partial charge < -0.3 is 24.1 Å². The van der Waals surface area contributed by atoms with E-state index in [2.05, 4.69) is 0 Å². The number of aromatic carboxylic acids is 1. The van der Waals surface area contributed by atoms with Gasteiger partial charge in [-0.25, -0.2) is 4.79 Å². The molecule has 1 aromatic carbocycles. The molecular weight excluding hydrogens is 342 g/mol. The molecule has 0 aliphatic carbocycles. The Morgan fingerprint density at radius 3 is 2.08 bits per heavy atom. The van der Waals surface area contributed by atoms with Gasteiger partial charge in [0.05, 0.1) is 11.1 Å². The molecular formula is C17H27NO6Si. The van der Waals surface area contributed by atoms with Crippen LogP contribution in [0.15, 0.2) is 18.2 Å². The zero-order chi connectivity index (χ0) is 18.9. The summed E-state index contributed by atoms with van der Waals surface area (Å²) in [4.78, 5) is 23.0. The lowest BCUT2D eigenvalue weighted by atomic mass is 9.97. The number of amides is 1. The number of rotatable bonds is 12. The Bertz CT molecular complexity index is 575. The monoisotopic (exact) mass is 369 g/mol. The van der Waals surface area contributed by atoms with Crippen LogP contribution in [0.1, 0.15) is 53.5 Å². The van der Waals surface area contributed by atoms with Crippen LogP contribution in [-0.2, 0) is 19.7 Å². The Kier molecular flexibility index (Phi) is 8.77. The average molecular weight is 369 g/mol. The number of benzene rings is 1. The molecule has 0 unspecified atom stereocenters. The van der Waals surface area contributed by atoms with Crippen molar-refractivity contribution in [2.75, 3.05) is 19.8 Å². The van der Waals surface area contributed by atoms with E-state index in [9.17, 15) is 14.7 Å². The SMILES string of the molecule is CCO[Si](CCCc1cccc(C(=O)O)c1C(N)=O)(OCC)OCC. The number of hydrogen-bond acceptors (Lipinski definition) is 5. The summed E-state index contributed by atoms with van der Waals surface area (Å²) in [6, 6.07) is 5.30. The average Bonchev–Trinajstić information content (AvgIpc) is 2.55. The second-order valence-corrected chi connectivity index (χ2v) is 8.08. The van der Waals surface area contributed by atoms with Crippen molar-refractivity contribution >= 4 is 20.7 Å². The van der Waals surface area contributed by atoms with Crippen LogP contribution >= 0.6 is 0 Å². The van der Waals surface area contributed by atoms with Crippen molar-refractivity contribution < 1.29 is 28.0 Å². The molecule has 0 fully saturated rings. The maximum Gasteiger partial charge on any atom is 0.500 e. The fourth-order valence-electron chi connectivity index (χ4n) is 2.77. The van der Waals surface area contributed by atoms with Gasteiger partial charge in [0, 0.05) is 25.9 Å².